The van der Waals surface area contributed by atoms with Crippen LogP contribution in [0.4, 0.5) is 0 Å². The van der Waals surface area contributed by atoms with Crippen molar-refractivity contribution >= 4 is 33.7 Å². The molecule has 4 rings (SSSR count). The Hall–Kier alpha value is -1.63. The van der Waals surface area contributed by atoms with E-state index < -0.39 is 5.79 Å². The molecule has 0 aliphatic carbocycles. The maximum Gasteiger partial charge on any atom is 0.166 e. The number of aromatic nitrogens is 3. The molecule has 1 aliphatic heterocycles. The molecule has 0 bridgehead atoms. The number of para-hydroxylation sites is 1. The van der Waals surface area contributed by atoms with Crippen molar-refractivity contribution in [3.05, 3.63) is 36.3 Å². The molecule has 0 saturated carbocycles. The Morgan fingerprint density at radius 2 is 1.93 bits per heavy atom. The first kappa shape index (κ1) is 19.7. The molecule has 0 N–H and O–H groups in total. The van der Waals surface area contributed by atoms with E-state index >= 15 is 0 Å². The first-order valence-electron chi connectivity index (χ1n) is 10.2. The summed E-state index contributed by atoms with van der Waals surface area (Å²) in [5, 5.41) is 1.18. The highest BCUT2D eigenvalue weighted by atomic mass is 32.2. The third-order valence-electron chi connectivity index (χ3n) is 5.49. The van der Waals surface area contributed by atoms with Crippen LogP contribution in [0.5, 0.6) is 0 Å². The van der Waals surface area contributed by atoms with E-state index in [0.717, 1.165) is 36.2 Å². The van der Waals surface area contributed by atoms with Gasteiger partial charge in [0, 0.05) is 24.8 Å². The van der Waals surface area contributed by atoms with Gasteiger partial charge in [0.1, 0.15) is 11.3 Å². The summed E-state index contributed by atoms with van der Waals surface area (Å²) in [6.45, 7) is 4.38. The van der Waals surface area contributed by atoms with Gasteiger partial charge >= 0.3 is 0 Å². The Labute approximate surface area is 170 Å². The molecule has 1 aliphatic rings. The van der Waals surface area contributed by atoms with E-state index in [-0.39, 0.29) is 0 Å². The maximum absolute atomic E-state index is 5.80. The lowest BCUT2D eigenvalue weighted by Crippen LogP contribution is -2.26. The fraction of sp³-hybridized carbons (Fsp3) is 0.545. The molecular formula is C22H29N3O2S. The van der Waals surface area contributed by atoms with Crippen LogP contribution in [0.3, 0.4) is 0 Å². The second-order valence-corrected chi connectivity index (χ2v) is 8.56. The summed E-state index contributed by atoms with van der Waals surface area (Å²) >= 11 is 1.92. The predicted octanol–water partition coefficient (Wildman–Crippen LogP) is 4.81. The highest BCUT2D eigenvalue weighted by Gasteiger charge is 2.31. The van der Waals surface area contributed by atoms with Gasteiger partial charge in [0.2, 0.25) is 0 Å². The summed E-state index contributed by atoms with van der Waals surface area (Å²) in [5.41, 5.74) is 3.22. The fourth-order valence-electron chi connectivity index (χ4n) is 3.98. The lowest BCUT2D eigenvalue weighted by molar-refractivity contribution is -0.146. The number of hydrogen-bond acceptors (Lipinski definition) is 5. The van der Waals surface area contributed by atoms with E-state index in [9.17, 15) is 0 Å². The molecule has 150 valence electrons. The second-order valence-electron chi connectivity index (χ2n) is 7.57. The van der Waals surface area contributed by atoms with Crippen LogP contribution >= 0.6 is 11.8 Å². The molecule has 28 heavy (non-hydrogen) atoms. The average Bonchev–Trinajstić information content (AvgIpc) is 3.30. The molecule has 6 heteroatoms. The van der Waals surface area contributed by atoms with Crippen molar-refractivity contribution in [2.75, 3.05) is 25.2 Å². The Bertz CT molecular complexity index is 934. The number of benzene rings is 1. The van der Waals surface area contributed by atoms with E-state index in [0.29, 0.717) is 13.2 Å². The number of thioether (sulfide) groups is 1. The number of nitrogens with zero attached hydrogens (tertiary/aromatic N) is 3. The van der Waals surface area contributed by atoms with Gasteiger partial charge in [-0.15, -0.1) is 0 Å². The fourth-order valence-corrected chi connectivity index (χ4v) is 4.47. The van der Waals surface area contributed by atoms with Gasteiger partial charge in [0.05, 0.1) is 30.4 Å². The normalized spacial score (nSPS) is 16.4. The highest BCUT2D eigenvalue weighted by molar-refractivity contribution is 7.98. The summed E-state index contributed by atoms with van der Waals surface area (Å²) < 4.78 is 14.0. The van der Waals surface area contributed by atoms with E-state index in [4.69, 9.17) is 14.5 Å². The molecule has 0 radical (unpaired) electrons. The van der Waals surface area contributed by atoms with Gasteiger partial charge in [0.15, 0.2) is 5.79 Å². The van der Waals surface area contributed by atoms with Crippen molar-refractivity contribution in [2.45, 2.75) is 51.4 Å². The second kappa shape index (κ2) is 8.80. The highest BCUT2D eigenvalue weighted by Crippen LogP contribution is 2.29. The van der Waals surface area contributed by atoms with Crippen molar-refractivity contribution in [3.8, 4) is 0 Å². The summed E-state index contributed by atoms with van der Waals surface area (Å²) in [4.78, 5) is 9.56. The monoisotopic (exact) mass is 399 g/mol. The van der Waals surface area contributed by atoms with Crippen LogP contribution in [0.15, 0.2) is 30.5 Å². The van der Waals surface area contributed by atoms with Gasteiger partial charge in [-0.2, -0.15) is 11.8 Å². The van der Waals surface area contributed by atoms with Crippen LogP contribution in [-0.4, -0.2) is 45.5 Å². The first-order valence-corrected chi connectivity index (χ1v) is 11.6. The zero-order chi connectivity index (χ0) is 19.4. The van der Waals surface area contributed by atoms with Crippen molar-refractivity contribution in [3.63, 3.8) is 0 Å². The molecule has 5 nitrogen and oxygen atoms in total. The number of aryl methyl sites for hydroxylation is 2. The van der Waals surface area contributed by atoms with Crippen LogP contribution in [0.1, 0.15) is 38.4 Å². The average molecular weight is 400 g/mol. The summed E-state index contributed by atoms with van der Waals surface area (Å²) in [6.07, 6.45) is 9.42. The first-order chi connectivity index (χ1) is 13.7. The molecule has 1 saturated heterocycles. The topological polar surface area (TPSA) is 49.2 Å². The number of hydrogen-bond donors (Lipinski definition) is 0. The van der Waals surface area contributed by atoms with Crippen LogP contribution in [0, 0.1) is 0 Å². The largest absolute Gasteiger partial charge is 0.348 e. The number of pyridine rings is 1. The number of ether oxygens (including phenoxy) is 2. The zero-order valence-corrected chi connectivity index (χ0v) is 17.6. The minimum atomic E-state index is -0.484. The molecule has 3 heterocycles. The minimum absolute atomic E-state index is 0.484. The van der Waals surface area contributed by atoms with Crippen LogP contribution in [0.2, 0.25) is 0 Å². The quantitative estimate of drug-likeness (QED) is 0.483. The van der Waals surface area contributed by atoms with Crippen molar-refractivity contribution in [1.29, 1.82) is 0 Å². The van der Waals surface area contributed by atoms with Gasteiger partial charge in [-0.3, -0.25) is 4.98 Å². The Balaban J connectivity index is 1.64. The van der Waals surface area contributed by atoms with Crippen LogP contribution in [0.25, 0.3) is 21.9 Å². The van der Waals surface area contributed by atoms with E-state index in [2.05, 4.69) is 34.0 Å². The summed E-state index contributed by atoms with van der Waals surface area (Å²) in [6, 6.07) is 8.36. The SMILES string of the molecule is CSCCCCCn1c(CCC2(C)OCCO2)nc2cnc3ccccc3c21. The van der Waals surface area contributed by atoms with E-state index in [1.807, 2.05) is 30.9 Å². The number of fused-ring (bicyclic) bond motifs is 3. The van der Waals surface area contributed by atoms with Crippen LogP contribution in [-0.2, 0) is 22.4 Å². The summed E-state index contributed by atoms with van der Waals surface area (Å²) in [7, 11) is 0. The number of unbranched alkanes of at least 4 members (excludes halogenated alkanes) is 2. The van der Waals surface area contributed by atoms with Gasteiger partial charge in [-0.25, -0.2) is 4.98 Å². The Morgan fingerprint density at radius 3 is 2.75 bits per heavy atom. The Morgan fingerprint density at radius 1 is 1.11 bits per heavy atom. The molecular weight excluding hydrogens is 370 g/mol. The van der Waals surface area contributed by atoms with Crippen molar-refractivity contribution in [1.82, 2.24) is 14.5 Å². The lowest BCUT2D eigenvalue weighted by atomic mass is 10.1. The lowest BCUT2D eigenvalue weighted by Gasteiger charge is -2.22. The van der Waals surface area contributed by atoms with Gasteiger partial charge in [0.25, 0.3) is 0 Å². The third-order valence-corrected chi connectivity index (χ3v) is 6.19. The molecule has 0 unspecified atom stereocenters. The minimum Gasteiger partial charge on any atom is -0.348 e. The van der Waals surface area contributed by atoms with Crippen molar-refractivity contribution < 1.29 is 9.47 Å². The van der Waals surface area contributed by atoms with Gasteiger partial charge < -0.3 is 14.0 Å². The van der Waals surface area contributed by atoms with Gasteiger partial charge in [-0.05, 0) is 37.8 Å². The van der Waals surface area contributed by atoms with Crippen LogP contribution < -0.4 is 0 Å². The van der Waals surface area contributed by atoms with Gasteiger partial charge in [-0.1, -0.05) is 24.6 Å². The third kappa shape index (κ3) is 4.19. The molecule has 0 atom stereocenters. The van der Waals surface area contributed by atoms with Crippen molar-refractivity contribution in [2.24, 2.45) is 0 Å². The molecule has 2 aromatic heterocycles. The zero-order valence-electron chi connectivity index (χ0n) is 16.8. The van der Waals surface area contributed by atoms with E-state index in [1.165, 1.54) is 35.9 Å². The standard InChI is InChI=1S/C22H29N3O2S/c1-22(26-13-14-27-22)11-10-20-24-19-16-23-18-9-5-4-8-17(18)21(19)25(20)12-6-3-7-15-28-2/h4-5,8-9,16H,3,6-7,10-15H2,1-2H3. The summed E-state index contributed by atoms with van der Waals surface area (Å²) in [5.74, 6) is 1.86. The maximum atomic E-state index is 5.80. The molecule has 1 fully saturated rings. The Kier molecular flexibility index (Phi) is 6.19. The molecule has 3 aromatic rings. The molecule has 0 amide bonds. The molecule has 0 spiro atoms. The number of rotatable bonds is 9. The smallest absolute Gasteiger partial charge is 0.166 e. The predicted molar refractivity (Wildman–Crippen MR) is 116 cm³/mol. The number of imidazole rings is 1. The molecule has 1 aromatic carbocycles. The van der Waals surface area contributed by atoms with E-state index in [1.54, 1.807) is 0 Å².